The van der Waals surface area contributed by atoms with Crippen LogP contribution in [0.3, 0.4) is 0 Å². The topological polar surface area (TPSA) is 12.0 Å². The van der Waals surface area contributed by atoms with Gasteiger partial charge < -0.3 is 5.32 Å². The van der Waals surface area contributed by atoms with Crippen LogP contribution in [0.1, 0.15) is 42.8 Å². The Labute approximate surface area is 135 Å². The summed E-state index contributed by atoms with van der Waals surface area (Å²) in [5, 5.41) is 5.85. The molecule has 4 heteroatoms. The Morgan fingerprint density at radius 1 is 1.26 bits per heavy atom. The summed E-state index contributed by atoms with van der Waals surface area (Å²) in [7, 11) is 0. The smallest absolute Gasteiger partial charge is 0.0416 e. The molecule has 1 N–H and O–H groups in total. The zero-order valence-corrected chi connectivity index (χ0v) is 15.0. The first-order valence-corrected chi connectivity index (χ1v) is 8.82. The Kier molecular flexibility index (Phi) is 5.63. The molecule has 102 valence electrons. The van der Waals surface area contributed by atoms with Crippen molar-refractivity contribution in [3.8, 4) is 0 Å². The van der Waals surface area contributed by atoms with Gasteiger partial charge in [-0.25, -0.2) is 0 Å². The van der Waals surface area contributed by atoms with Gasteiger partial charge >= 0.3 is 0 Å². The van der Waals surface area contributed by atoms with Crippen molar-refractivity contribution in [3.63, 3.8) is 0 Å². The van der Waals surface area contributed by atoms with E-state index in [0.717, 1.165) is 15.4 Å². The van der Waals surface area contributed by atoms with Crippen LogP contribution in [0, 0.1) is 0 Å². The van der Waals surface area contributed by atoms with Gasteiger partial charge in [-0.1, -0.05) is 50.9 Å². The molecule has 0 bridgehead atoms. The van der Waals surface area contributed by atoms with Crippen LogP contribution in [0.5, 0.6) is 0 Å². The highest BCUT2D eigenvalue weighted by Crippen LogP contribution is 2.30. The minimum atomic E-state index is 0.314. The molecule has 2 rings (SSSR count). The van der Waals surface area contributed by atoms with Gasteiger partial charge in [-0.15, -0.1) is 11.3 Å². The van der Waals surface area contributed by atoms with Crippen LogP contribution < -0.4 is 5.32 Å². The van der Waals surface area contributed by atoms with E-state index in [4.69, 9.17) is 0 Å². The lowest BCUT2D eigenvalue weighted by Crippen LogP contribution is -2.23. The van der Waals surface area contributed by atoms with Gasteiger partial charge in [0.25, 0.3) is 0 Å². The van der Waals surface area contributed by atoms with Crippen molar-refractivity contribution >= 4 is 43.2 Å². The second kappa shape index (κ2) is 7.02. The van der Waals surface area contributed by atoms with Gasteiger partial charge in [-0.2, -0.15) is 0 Å². The van der Waals surface area contributed by atoms with E-state index in [9.17, 15) is 0 Å². The van der Waals surface area contributed by atoms with E-state index in [2.05, 4.69) is 86.7 Å². The van der Waals surface area contributed by atoms with Crippen molar-refractivity contribution in [2.75, 3.05) is 0 Å². The highest BCUT2D eigenvalue weighted by atomic mass is 79.9. The Morgan fingerprint density at radius 2 is 2.05 bits per heavy atom. The van der Waals surface area contributed by atoms with Crippen LogP contribution in [-0.2, 0) is 0 Å². The van der Waals surface area contributed by atoms with Crippen molar-refractivity contribution in [3.05, 3.63) is 55.1 Å². The molecule has 1 aromatic carbocycles. The first-order chi connectivity index (χ1) is 9.11. The number of thiophene rings is 1. The average Bonchev–Trinajstić information content (AvgIpc) is 2.89. The highest BCUT2D eigenvalue weighted by Gasteiger charge is 2.16. The molecule has 2 atom stereocenters. The zero-order valence-electron chi connectivity index (χ0n) is 11.0. The lowest BCUT2D eigenvalue weighted by Gasteiger charge is -2.22. The van der Waals surface area contributed by atoms with Crippen molar-refractivity contribution < 1.29 is 0 Å². The maximum atomic E-state index is 3.71. The second-order valence-corrected chi connectivity index (χ2v) is 7.28. The van der Waals surface area contributed by atoms with Crippen LogP contribution in [0.4, 0.5) is 0 Å². The molecule has 0 aliphatic heterocycles. The van der Waals surface area contributed by atoms with E-state index >= 15 is 0 Å². The minimum absolute atomic E-state index is 0.314. The number of rotatable bonds is 5. The maximum Gasteiger partial charge on any atom is 0.0416 e. The van der Waals surface area contributed by atoms with Crippen LogP contribution in [0.2, 0.25) is 0 Å². The Morgan fingerprint density at radius 3 is 2.63 bits per heavy atom. The predicted molar refractivity (Wildman–Crippen MR) is 90.7 cm³/mol. The molecular weight excluding hydrogens is 386 g/mol. The van der Waals surface area contributed by atoms with Gasteiger partial charge in [0, 0.05) is 25.9 Å². The lowest BCUT2D eigenvalue weighted by atomic mass is 10.1. The van der Waals surface area contributed by atoms with E-state index in [-0.39, 0.29) is 0 Å². The minimum Gasteiger partial charge on any atom is -0.303 e. The number of benzene rings is 1. The Bertz CT molecular complexity index is 525. The molecule has 0 radical (unpaired) electrons. The van der Waals surface area contributed by atoms with E-state index in [0.29, 0.717) is 12.1 Å². The van der Waals surface area contributed by atoms with E-state index in [1.54, 1.807) is 0 Å². The summed E-state index contributed by atoms with van der Waals surface area (Å²) in [6.45, 7) is 4.44. The van der Waals surface area contributed by atoms with Gasteiger partial charge in [-0.05, 0) is 42.5 Å². The summed E-state index contributed by atoms with van der Waals surface area (Å²) in [6.07, 6.45) is 1.10. The summed E-state index contributed by atoms with van der Waals surface area (Å²) in [4.78, 5) is 1.41. The molecule has 1 nitrogen and oxygen atoms in total. The maximum absolute atomic E-state index is 3.71. The monoisotopic (exact) mass is 401 g/mol. The molecule has 19 heavy (non-hydrogen) atoms. The normalized spacial score (nSPS) is 14.3. The molecular formula is C15H17Br2NS. The van der Waals surface area contributed by atoms with Crippen molar-refractivity contribution in [1.29, 1.82) is 0 Å². The first kappa shape index (κ1) is 15.2. The van der Waals surface area contributed by atoms with E-state index in [1.165, 1.54) is 10.4 Å². The molecule has 0 saturated carbocycles. The fourth-order valence-corrected chi connectivity index (χ4v) is 4.40. The molecule has 0 saturated heterocycles. The molecule has 0 amide bonds. The molecule has 2 unspecified atom stereocenters. The van der Waals surface area contributed by atoms with Crippen molar-refractivity contribution in [2.24, 2.45) is 0 Å². The Balaban J connectivity index is 2.13. The molecule has 1 heterocycles. The van der Waals surface area contributed by atoms with Crippen LogP contribution in [0.25, 0.3) is 0 Å². The number of hydrogen-bond acceptors (Lipinski definition) is 2. The Hall–Kier alpha value is -0.160. The number of nitrogens with one attached hydrogen (secondary N) is 1. The van der Waals surface area contributed by atoms with Crippen LogP contribution in [0.15, 0.2) is 44.7 Å². The summed E-state index contributed by atoms with van der Waals surface area (Å²) < 4.78 is 2.24. The van der Waals surface area contributed by atoms with Gasteiger partial charge in [0.05, 0.1) is 0 Å². The summed E-state index contributed by atoms with van der Waals surface area (Å²) in [6, 6.07) is 11.4. The van der Waals surface area contributed by atoms with Gasteiger partial charge in [0.15, 0.2) is 0 Å². The fraction of sp³-hybridized carbons (Fsp3) is 0.333. The molecule has 2 aromatic rings. The van der Waals surface area contributed by atoms with E-state index in [1.807, 2.05) is 11.3 Å². The second-order valence-electron chi connectivity index (χ2n) is 4.53. The molecule has 0 aliphatic carbocycles. The molecule has 0 fully saturated rings. The van der Waals surface area contributed by atoms with Crippen LogP contribution >= 0.6 is 43.2 Å². The van der Waals surface area contributed by atoms with Gasteiger partial charge in [-0.3, -0.25) is 0 Å². The predicted octanol–water partition coefficient (Wildman–Crippen LogP) is 6.08. The standard InChI is InChI=1S/C15H17Br2NS/c1-3-14(15-5-4-8-19-15)18-10(2)12-7-6-11(16)9-13(12)17/h4-10,14,18H,3H2,1-2H3. The summed E-state index contributed by atoms with van der Waals surface area (Å²) in [5.41, 5.74) is 1.29. The molecule has 0 spiro atoms. The number of hydrogen-bond donors (Lipinski definition) is 1. The third kappa shape index (κ3) is 3.91. The van der Waals surface area contributed by atoms with Gasteiger partial charge in [0.1, 0.15) is 0 Å². The van der Waals surface area contributed by atoms with Crippen molar-refractivity contribution in [2.45, 2.75) is 32.4 Å². The van der Waals surface area contributed by atoms with Crippen molar-refractivity contribution in [1.82, 2.24) is 5.32 Å². The average molecular weight is 403 g/mol. The highest BCUT2D eigenvalue weighted by molar-refractivity contribution is 9.11. The molecule has 0 aliphatic rings. The quantitative estimate of drug-likeness (QED) is 0.639. The zero-order chi connectivity index (χ0) is 13.8. The molecule has 1 aromatic heterocycles. The SMILES string of the molecule is CCC(NC(C)c1ccc(Br)cc1Br)c1cccs1. The van der Waals surface area contributed by atoms with E-state index < -0.39 is 0 Å². The summed E-state index contributed by atoms with van der Waals surface area (Å²) >= 11 is 8.95. The first-order valence-electron chi connectivity index (χ1n) is 6.36. The third-order valence-electron chi connectivity index (χ3n) is 3.18. The summed E-state index contributed by atoms with van der Waals surface area (Å²) in [5.74, 6) is 0. The lowest BCUT2D eigenvalue weighted by molar-refractivity contribution is 0.461. The number of halogens is 2. The third-order valence-corrected chi connectivity index (χ3v) is 5.34. The van der Waals surface area contributed by atoms with Crippen LogP contribution in [-0.4, -0.2) is 0 Å². The van der Waals surface area contributed by atoms with Gasteiger partial charge in [0.2, 0.25) is 0 Å². The fourth-order valence-electron chi connectivity index (χ4n) is 2.13. The largest absolute Gasteiger partial charge is 0.303 e.